The zero-order valence-electron chi connectivity index (χ0n) is 17.8. The van der Waals surface area contributed by atoms with Crippen molar-refractivity contribution in [3.8, 4) is 11.1 Å². The highest BCUT2D eigenvalue weighted by Crippen LogP contribution is 2.44. The molecule has 0 fully saturated rings. The lowest BCUT2D eigenvalue weighted by Crippen LogP contribution is -2.45. The second-order valence-electron chi connectivity index (χ2n) is 8.32. The number of ether oxygens (including phenoxy) is 1. The van der Waals surface area contributed by atoms with E-state index in [1.807, 2.05) is 24.3 Å². The van der Waals surface area contributed by atoms with Gasteiger partial charge < -0.3 is 20.5 Å². The highest BCUT2D eigenvalue weighted by Gasteiger charge is 2.30. The Morgan fingerprint density at radius 1 is 0.968 bits per heavy atom. The van der Waals surface area contributed by atoms with Gasteiger partial charge in [0.05, 0.1) is 5.41 Å². The van der Waals surface area contributed by atoms with Crippen molar-refractivity contribution >= 4 is 18.0 Å². The maximum atomic E-state index is 12.3. The molecule has 7 heteroatoms. The lowest BCUT2D eigenvalue weighted by molar-refractivity contribution is -0.137. The van der Waals surface area contributed by atoms with Crippen LogP contribution >= 0.6 is 0 Å². The zero-order valence-corrected chi connectivity index (χ0v) is 17.8. The smallest absolute Gasteiger partial charge is 0.407 e. The first kappa shape index (κ1) is 22.3. The molecule has 3 rings (SSSR count). The topological polar surface area (TPSA) is 105 Å². The second kappa shape index (κ2) is 9.64. The van der Waals surface area contributed by atoms with Crippen LogP contribution in [-0.2, 0) is 14.3 Å². The van der Waals surface area contributed by atoms with Crippen molar-refractivity contribution in [2.75, 3.05) is 19.7 Å². The largest absolute Gasteiger partial charge is 0.481 e. The highest BCUT2D eigenvalue weighted by atomic mass is 16.5. The Bertz CT molecular complexity index is 924. The molecule has 0 saturated heterocycles. The van der Waals surface area contributed by atoms with Crippen LogP contribution in [0.25, 0.3) is 11.1 Å². The summed E-state index contributed by atoms with van der Waals surface area (Å²) in [6, 6.07) is 16.2. The van der Waals surface area contributed by atoms with Crippen LogP contribution < -0.4 is 10.6 Å². The van der Waals surface area contributed by atoms with Gasteiger partial charge in [-0.05, 0) is 42.5 Å². The molecule has 164 valence electrons. The normalized spacial score (nSPS) is 12.6. The number of rotatable bonds is 9. The maximum Gasteiger partial charge on any atom is 0.407 e. The van der Waals surface area contributed by atoms with Gasteiger partial charge in [-0.25, -0.2) is 4.79 Å². The summed E-state index contributed by atoms with van der Waals surface area (Å²) in [5.74, 6) is -1.18. The second-order valence-corrected chi connectivity index (χ2v) is 8.32. The van der Waals surface area contributed by atoms with Crippen LogP contribution in [0, 0.1) is 5.41 Å². The Balaban J connectivity index is 1.50. The number of carboxylic acid groups (broad SMARTS) is 1. The van der Waals surface area contributed by atoms with E-state index in [9.17, 15) is 14.4 Å². The molecular weight excluding hydrogens is 396 g/mol. The molecule has 0 heterocycles. The van der Waals surface area contributed by atoms with E-state index in [2.05, 4.69) is 34.9 Å². The minimum Gasteiger partial charge on any atom is -0.481 e. The van der Waals surface area contributed by atoms with Crippen LogP contribution in [-0.4, -0.2) is 42.8 Å². The fourth-order valence-corrected chi connectivity index (χ4v) is 3.70. The molecule has 7 nitrogen and oxygen atoms in total. The van der Waals surface area contributed by atoms with Gasteiger partial charge in [0.1, 0.15) is 6.61 Å². The van der Waals surface area contributed by atoms with E-state index in [1.54, 1.807) is 13.8 Å². The molecule has 0 aliphatic heterocycles. The molecule has 0 unspecified atom stereocenters. The predicted octanol–water partition coefficient (Wildman–Crippen LogP) is 3.53. The van der Waals surface area contributed by atoms with Crippen LogP contribution in [0.3, 0.4) is 0 Å². The first-order chi connectivity index (χ1) is 14.8. The van der Waals surface area contributed by atoms with Gasteiger partial charge in [-0.1, -0.05) is 48.5 Å². The fraction of sp³-hybridized carbons (Fsp3) is 0.375. The molecule has 0 saturated carbocycles. The van der Waals surface area contributed by atoms with Crippen LogP contribution in [0.5, 0.6) is 0 Å². The molecule has 0 radical (unpaired) electrons. The van der Waals surface area contributed by atoms with E-state index in [0.717, 1.165) is 22.3 Å². The third kappa shape index (κ3) is 5.42. The number of alkyl carbamates (subject to hydrolysis) is 1. The fourth-order valence-electron chi connectivity index (χ4n) is 3.70. The number of amides is 2. The van der Waals surface area contributed by atoms with E-state index in [1.165, 1.54) is 0 Å². The van der Waals surface area contributed by atoms with Crippen LogP contribution in [0.15, 0.2) is 48.5 Å². The van der Waals surface area contributed by atoms with Gasteiger partial charge in [0.25, 0.3) is 0 Å². The Morgan fingerprint density at radius 3 is 2.13 bits per heavy atom. The molecule has 31 heavy (non-hydrogen) atoms. The molecular formula is C24H28N2O5. The van der Waals surface area contributed by atoms with Crippen molar-refractivity contribution in [2.24, 2.45) is 5.41 Å². The van der Waals surface area contributed by atoms with Crippen molar-refractivity contribution < 1.29 is 24.2 Å². The van der Waals surface area contributed by atoms with Gasteiger partial charge in [0.15, 0.2) is 0 Å². The van der Waals surface area contributed by atoms with Crippen molar-refractivity contribution in [2.45, 2.75) is 32.6 Å². The summed E-state index contributed by atoms with van der Waals surface area (Å²) >= 11 is 0. The molecule has 2 amide bonds. The van der Waals surface area contributed by atoms with E-state index < -0.39 is 17.5 Å². The van der Waals surface area contributed by atoms with Crippen LogP contribution in [0.1, 0.15) is 43.7 Å². The Morgan fingerprint density at radius 2 is 1.55 bits per heavy atom. The lowest BCUT2D eigenvalue weighted by Gasteiger charge is -2.24. The average Bonchev–Trinajstić information content (AvgIpc) is 3.07. The summed E-state index contributed by atoms with van der Waals surface area (Å²) in [5.41, 5.74) is 3.74. The van der Waals surface area contributed by atoms with Crippen molar-refractivity contribution in [3.63, 3.8) is 0 Å². The number of carbonyl (C=O) groups excluding carboxylic acids is 2. The summed E-state index contributed by atoms with van der Waals surface area (Å²) in [6.45, 7) is 4.02. The number of carboxylic acids is 1. The van der Waals surface area contributed by atoms with Gasteiger partial charge in [0.2, 0.25) is 5.91 Å². The molecule has 3 N–H and O–H groups in total. The maximum absolute atomic E-state index is 12.3. The summed E-state index contributed by atoms with van der Waals surface area (Å²) in [7, 11) is 0. The monoisotopic (exact) mass is 424 g/mol. The number of fused-ring (bicyclic) bond motifs is 3. The van der Waals surface area contributed by atoms with Gasteiger partial charge in [-0.3, -0.25) is 9.59 Å². The van der Waals surface area contributed by atoms with Crippen LogP contribution in [0.2, 0.25) is 0 Å². The summed E-state index contributed by atoms with van der Waals surface area (Å²) in [4.78, 5) is 35.1. The van der Waals surface area contributed by atoms with E-state index in [4.69, 9.17) is 9.84 Å². The number of carbonyl (C=O) groups is 3. The minimum atomic E-state index is -0.898. The Hall–Kier alpha value is -3.35. The van der Waals surface area contributed by atoms with E-state index in [0.29, 0.717) is 6.42 Å². The molecule has 1 aliphatic carbocycles. The standard InChI is InChI=1S/C24H28N2O5/c1-24(2,22(29)25-13-7-12-21(27)28)15-26-23(30)31-14-20-18-10-5-3-8-16(18)17-9-4-6-11-19(17)20/h3-6,8-11,20H,7,12-15H2,1-2H3,(H,25,29)(H,26,30)(H,27,28). The number of benzene rings is 2. The number of hydrogen-bond acceptors (Lipinski definition) is 4. The van der Waals surface area contributed by atoms with Crippen molar-refractivity contribution in [1.82, 2.24) is 10.6 Å². The molecule has 2 aromatic carbocycles. The van der Waals surface area contributed by atoms with E-state index in [-0.39, 0.29) is 37.9 Å². The first-order valence-corrected chi connectivity index (χ1v) is 10.4. The highest BCUT2D eigenvalue weighted by molar-refractivity contribution is 5.83. The van der Waals surface area contributed by atoms with Gasteiger partial charge in [-0.15, -0.1) is 0 Å². The quantitative estimate of drug-likeness (QED) is 0.534. The minimum absolute atomic E-state index is 0.00128. The average molecular weight is 424 g/mol. The third-order valence-electron chi connectivity index (χ3n) is 5.49. The number of hydrogen-bond donors (Lipinski definition) is 3. The first-order valence-electron chi connectivity index (χ1n) is 10.4. The molecule has 1 aliphatic rings. The van der Waals surface area contributed by atoms with E-state index >= 15 is 0 Å². The Kier molecular flexibility index (Phi) is 6.95. The third-order valence-corrected chi connectivity index (χ3v) is 5.49. The zero-order chi connectivity index (χ0) is 22.4. The summed E-state index contributed by atoms with van der Waals surface area (Å²) < 4.78 is 5.49. The molecule has 0 atom stereocenters. The summed E-state index contributed by atoms with van der Waals surface area (Å²) in [6.07, 6.45) is -0.219. The van der Waals surface area contributed by atoms with Gasteiger partial charge >= 0.3 is 12.1 Å². The lowest BCUT2D eigenvalue weighted by atomic mass is 9.92. The number of aliphatic carboxylic acids is 1. The van der Waals surface area contributed by atoms with Crippen molar-refractivity contribution in [3.05, 3.63) is 59.7 Å². The molecule has 0 spiro atoms. The van der Waals surface area contributed by atoms with Gasteiger partial charge in [0, 0.05) is 25.4 Å². The molecule has 0 aromatic heterocycles. The summed E-state index contributed by atoms with van der Waals surface area (Å²) in [5, 5.41) is 14.0. The Labute approximate surface area is 181 Å². The van der Waals surface area contributed by atoms with Gasteiger partial charge in [-0.2, -0.15) is 0 Å². The molecule has 0 bridgehead atoms. The van der Waals surface area contributed by atoms with Crippen LogP contribution in [0.4, 0.5) is 4.79 Å². The molecule has 2 aromatic rings. The van der Waals surface area contributed by atoms with Crippen molar-refractivity contribution in [1.29, 1.82) is 0 Å². The number of nitrogens with one attached hydrogen (secondary N) is 2. The SMILES string of the molecule is CC(C)(CNC(=O)OCC1c2ccccc2-c2ccccc21)C(=O)NCCCC(=O)O. The predicted molar refractivity (Wildman–Crippen MR) is 117 cm³/mol.